The Balaban J connectivity index is 1.77. The molecule has 1 fully saturated rings. The molecule has 2 amide bonds. The van der Waals surface area contributed by atoms with E-state index in [-0.39, 0.29) is 5.57 Å². The van der Waals surface area contributed by atoms with Crippen molar-refractivity contribution < 1.29 is 9.59 Å². The molecule has 2 aromatic heterocycles. The first-order chi connectivity index (χ1) is 14.3. The van der Waals surface area contributed by atoms with Crippen molar-refractivity contribution in [1.29, 1.82) is 5.26 Å². The van der Waals surface area contributed by atoms with Crippen LogP contribution in [-0.2, 0) is 9.59 Å². The van der Waals surface area contributed by atoms with Gasteiger partial charge in [0.15, 0.2) is 0 Å². The normalized spacial score (nSPS) is 15.0. The lowest BCUT2D eigenvalue weighted by molar-refractivity contribution is -0.117. The summed E-state index contributed by atoms with van der Waals surface area (Å²) in [7, 11) is 0. The molecule has 0 aliphatic carbocycles. The number of aromatic nitrogens is 1. The molecule has 1 aromatic carbocycles. The summed E-state index contributed by atoms with van der Waals surface area (Å²) < 4.78 is 2.02. The summed E-state index contributed by atoms with van der Waals surface area (Å²) in [5.74, 6) is -0.828. The summed E-state index contributed by atoms with van der Waals surface area (Å²) in [4.78, 5) is 26.5. The lowest BCUT2D eigenvalue weighted by Gasteiger charge is -2.13. The highest BCUT2D eigenvalue weighted by molar-refractivity contribution is 7.14. The van der Waals surface area contributed by atoms with Crippen LogP contribution >= 0.6 is 11.3 Å². The molecule has 150 valence electrons. The number of carbonyl (C=O) groups is 2. The molecule has 1 aliphatic heterocycles. The number of para-hydroxylation sites is 1. The van der Waals surface area contributed by atoms with Crippen molar-refractivity contribution in [2.75, 3.05) is 5.01 Å². The number of amides is 2. The summed E-state index contributed by atoms with van der Waals surface area (Å²) in [5.41, 5.74) is 7.52. The van der Waals surface area contributed by atoms with Gasteiger partial charge >= 0.3 is 0 Å². The van der Waals surface area contributed by atoms with Gasteiger partial charge in [-0.1, -0.05) is 18.2 Å². The fraction of sp³-hybridized carbons (Fsp3) is 0.174. The number of nitrogens with one attached hydrogen (secondary N) is 1. The van der Waals surface area contributed by atoms with Gasteiger partial charge in [0.2, 0.25) is 0 Å². The third-order valence-electron chi connectivity index (χ3n) is 5.36. The molecule has 1 N–H and O–H groups in total. The van der Waals surface area contributed by atoms with Gasteiger partial charge in [-0.15, -0.1) is 11.3 Å². The molecule has 0 atom stereocenters. The van der Waals surface area contributed by atoms with Crippen LogP contribution in [0.15, 0.2) is 42.0 Å². The average Bonchev–Trinajstić information content (AvgIpc) is 3.28. The number of carbonyl (C=O) groups excluding carboxylic acids is 2. The Kier molecular flexibility index (Phi) is 4.80. The molecule has 1 aliphatic rings. The Morgan fingerprint density at radius 2 is 1.80 bits per heavy atom. The van der Waals surface area contributed by atoms with Gasteiger partial charge in [-0.05, 0) is 63.1 Å². The van der Waals surface area contributed by atoms with Crippen LogP contribution in [0.4, 0.5) is 5.69 Å². The molecular weight excluding hydrogens is 396 g/mol. The van der Waals surface area contributed by atoms with Crippen molar-refractivity contribution in [2.24, 2.45) is 0 Å². The molecule has 3 aromatic rings. The zero-order valence-electron chi connectivity index (χ0n) is 17.1. The van der Waals surface area contributed by atoms with E-state index >= 15 is 0 Å². The second-order valence-corrected chi connectivity index (χ2v) is 8.42. The third kappa shape index (κ3) is 3.02. The van der Waals surface area contributed by atoms with Gasteiger partial charge in [0, 0.05) is 16.3 Å². The van der Waals surface area contributed by atoms with Crippen LogP contribution in [0.3, 0.4) is 0 Å². The monoisotopic (exact) mass is 416 g/mol. The second kappa shape index (κ2) is 7.32. The quantitative estimate of drug-likeness (QED) is 0.516. The standard InChI is InChI=1S/C23H20N4O2S/c1-13-10-17(15(3)26(13)23-20(12-24)14(2)16(4)30-23)11-19-21(28)25-27(22(19)29)18-8-6-5-7-9-18/h5-11H,1-4H3,(H,25,28). The van der Waals surface area contributed by atoms with Gasteiger partial charge in [-0.3, -0.25) is 15.0 Å². The number of hydrogen-bond acceptors (Lipinski definition) is 4. The first-order valence-electron chi connectivity index (χ1n) is 9.45. The van der Waals surface area contributed by atoms with E-state index in [1.807, 2.05) is 56.5 Å². The summed E-state index contributed by atoms with van der Waals surface area (Å²) in [5, 5.41) is 11.7. The summed E-state index contributed by atoms with van der Waals surface area (Å²) in [6, 6.07) is 13.2. The molecule has 0 radical (unpaired) electrons. The number of aryl methyl sites for hydroxylation is 2. The molecule has 7 heteroatoms. The first-order valence-corrected chi connectivity index (χ1v) is 10.3. The van der Waals surface area contributed by atoms with Crippen LogP contribution in [0.2, 0.25) is 0 Å². The Morgan fingerprint density at radius 1 is 1.10 bits per heavy atom. The van der Waals surface area contributed by atoms with Crippen molar-refractivity contribution >= 4 is 34.9 Å². The van der Waals surface area contributed by atoms with E-state index in [4.69, 9.17) is 0 Å². The first kappa shape index (κ1) is 19.7. The SMILES string of the molecule is Cc1sc(-n2c(C)cc(C=C3C(=O)NN(c4ccccc4)C3=O)c2C)c(C#N)c1C. The summed E-state index contributed by atoms with van der Waals surface area (Å²) >= 11 is 1.57. The van der Waals surface area contributed by atoms with Crippen LogP contribution in [-0.4, -0.2) is 16.4 Å². The lowest BCUT2D eigenvalue weighted by Crippen LogP contribution is -2.35. The third-order valence-corrected chi connectivity index (χ3v) is 6.55. The maximum Gasteiger partial charge on any atom is 0.282 e. The van der Waals surface area contributed by atoms with E-state index in [1.165, 1.54) is 5.01 Å². The minimum atomic E-state index is -0.436. The molecule has 4 rings (SSSR count). The van der Waals surface area contributed by atoms with E-state index in [1.54, 1.807) is 29.5 Å². The molecular formula is C23H20N4O2S. The summed E-state index contributed by atoms with van der Waals surface area (Å²) in [6.07, 6.45) is 1.62. The van der Waals surface area contributed by atoms with Crippen LogP contribution in [0, 0.1) is 39.0 Å². The van der Waals surface area contributed by atoms with E-state index in [0.29, 0.717) is 11.3 Å². The Labute approximate surface area is 178 Å². The van der Waals surface area contributed by atoms with E-state index in [0.717, 1.165) is 32.4 Å². The van der Waals surface area contributed by atoms with Crippen molar-refractivity contribution in [3.63, 3.8) is 0 Å². The average molecular weight is 417 g/mol. The smallest absolute Gasteiger partial charge is 0.282 e. The largest absolute Gasteiger partial charge is 0.308 e. The number of rotatable bonds is 3. The predicted molar refractivity (Wildman–Crippen MR) is 117 cm³/mol. The number of nitriles is 1. The van der Waals surface area contributed by atoms with Crippen molar-refractivity contribution in [1.82, 2.24) is 9.99 Å². The van der Waals surface area contributed by atoms with Crippen molar-refractivity contribution in [2.45, 2.75) is 27.7 Å². The van der Waals surface area contributed by atoms with Gasteiger partial charge in [0.25, 0.3) is 11.8 Å². The lowest BCUT2D eigenvalue weighted by atomic mass is 10.1. The van der Waals surface area contributed by atoms with Crippen LogP contribution in [0.1, 0.15) is 33.0 Å². The Bertz CT molecular complexity index is 1260. The van der Waals surface area contributed by atoms with Crippen LogP contribution < -0.4 is 10.4 Å². The zero-order chi connectivity index (χ0) is 21.6. The number of thiophene rings is 1. The highest BCUT2D eigenvalue weighted by Crippen LogP contribution is 2.34. The fourth-order valence-electron chi connectivity index (χ4n) is 3.62. The highest BCUT2D eigenvalue weighted by atomic mass is 32.1. The van der Waals surface area contributed by atoms with Crippen molar-refractivity contribution in [3.05, 3.63) is 74.9 Å². The van der Waals surface area contributed by atoms with Gasteiger partial charge in [0.1, 0.15) is 16.6 Å². The molecule has 0 unspecified atom stereocenters. The minimum absolute atomic E-state index is 0.0816. The molecule has 1 saturated heterocycles. The minimum Gasteiger partial charge on any atom is -0.308 e. The molecule has 3 heterocycles. The maximum absolute atomic E-state index is 12.9. The zero-order valence-corrected chi connectivity index (χ0v) is 17.9. The van der Waals surface area contributed by atoms with Crippen molar-refractivity contribution in [3.8, 4) is 11.1 Å². The number of anilines is 1. The Hall–Kier alpha value is -3.63. The highest BCUT2D eigenvalue weighted by Gasteiger charge is 2.34. The molecule has 6 nitrogen and oxygen atoms in total. The molecule has 0 saturated carbocycles. The van der Waals surface area contributed by atoms with Gasteiger partial charge in [-0.25, -0.2) is 5.01 Å². The van der Waals surface area contributed by atoms with Gasteiger partial charge in [-0.2, -0.15) is 5.26 Å². The maximum atomic E-state index is 12.9. The van der Waals surface area contributed by atoms with Crippen LogP contribution in [0.25, 0.3) is 11.1 Å². The van der Waals surface area contributed by atoms with E-state index in [2.05, 4.69) is 11.5 Å². The molecule has 0 spiro atoms. The van der Waals surface area contributed by atoms with Crippen LogP contribution in [0.5, 0.6) is 0 Å². The topological polar surface area (TPSA) is 78.1 Å². The number of hydrazine groups is 1. The van der Waals surface area contributed by atoms with Gasteiger partial charge < -0.3 is 4.57 Å². The second-order valence-electron chi connectivity index (χ2n) is 7.21. The predicted octanol–water partition coefficient (Wildman–Crippen LogP) is 4.11. The van der Waals surface area contributed by atoms with E-state index in [9.17, 15) is 14.9 Å². The van der Waals surface area contributed by atoms with E-state index < -0.39 is 11.8 Å². The molecule has 0 bridgehead atoms. The number of benzene rings is 1. The Morgan fingerprint density at radius 3 is 2.47 bits per heavy atom. The number of nitrogens with zero attached hydrogens (tertiary/aromatic N) is 3. The summed E-state index contributed by atoms with van der Waals surface area (Å²) in [6.45, 7) is 7.83. The number of hydrogen-bond donors (Lipinski definition) is 1. The molecule has 30 heavy (non-hydrogen) atoms. The van der Waals surface area contributed by atoms with Gasteiger partial charge in [0.05, 0.1) is 11.3 Å². The fourth-order valence-corrected chi connectivity index (χ4v) is 4.83.